The Morgan fingerprint density at radius 2 is 2.07 bits per heavy atom. The smallest absolute Gasteiger partial charge is 0.00207 e. The average molecular weight is 189 g/mol. The zero-order valence-corrected chi connectivity index (χ0v) is 9.09. The molecule has 0 radical (unpaired) electrons. The van der Waals surface area contributed by atoms with Crippen LogP contribution in [0.5, 0.6) is 0 Å². The van der Waals surface area contributed by atoms with Crippen LogP contribution < -0.4 is 5.32 Å². The molecule has 0 bridgehead atoms. The fourth-order valence-corrected chi connectivity index (χ4v) is 2.33. The van der Waals surface area contributed by atoms with E-state index < -0.39 is 0 Å². The Labute approximate surface area is 86.5 Å². The Bertz CT molecular complexity index is 298. The first-order valence-electron chi connectivity index (χ1n) is 5.58. The van der Waals surface area contributed by atoms with Gasteiger partial charge in [0.25, 0.3) is 0 Å². The van der Waals surface area contributed by atoms with Crippen LogP contribution >= 0.6 is 0 Å². The Morgan fingerprint density at radius 1 is 1.29 bits per heavy atom. The highest BCUT2D eigenvalue weighted by Crippen LogP contribution is 2.29. The third kappa shape index (κ3) is 1.83. The molecular weight excluding hydrogens is 170 g/mol. The van der Waals surface area contributed by atoms with Gasteiger partial charge in [0.15, 0.2) is 0 Å². The fourth-order valence-electron chi connectivity index (χ4n) is 2.33. The molecule has 1 nitrogen and oxygen atoms in total. The van der Waals surface area contributed by atoms with Crippen molar-refractivity contribution in [3.63, 3.8) is 0 Å². The Kier molecular flexibility index (Phi) is 2.87. The summed E-state index contributed by atoms with van der Waals surface area (Å²) in [4.78, 5) is 0. The van der Waals surface area contributed by atoms with Crippen molar-refractivity contribution >= 4 is 0 Å². The van der Waals surface area contributed by atoms with Crippen LogP contribution in [0, 0.1) is 0 Å². The van der Waals surface area contributed by atoms with Gasteiger partial charge < -0.3 is 5.32 Å². The summed E-state index contributed by atoms with van der Waals surface area (Å²) in [7, 11) is 0. The molecule has 1 heterocycles. The van der Waals surface area contributed by atoms with Gasteiger partial charge in [0.05, 0.1) is 0 Å². The molecule has 0 aliphatic carbocycles. The van der Waals surface area contributed by atoms with E-state index in [2.05, 4.69) is 43.4 Å². The third-order valence-corrected chi connectivity index (χ3v) is 3.12. The molecule has 0 spiro atoms. The average Bonchev–Trinajstić information content (AvgIpc) is 2.70. The van der Waals surface area contributed by atoms with Crippen LogP contribution in [0.3, 0.4) is 0 Å². The summed E-state index contributed by atoms with van der Waals surface area (Å²) in [6.07, 6.45) is 1.30. The van der Waals surface area contributed by atoms with Gasteiger partial charge in [-0.3, -0.25) is 0 Å². The fraction of sp³-hybridized carbons (Fsp3) is 0.538. The van der Waals surface area contributed by atoms with E-state index in [0.29, 0.717) is 5.92 Å². The highest BCUT2D eigenvalue weighted by atomic mass is 14.9. The predicted octanol–water partition coefficient (Wildman–Crippen LogP) is 2.89. The van der Waals surface area contributed by atoms with Gasteiger partial charge in [0.1, 0.15) is 0 Å². The molecule has 76 valence electrons. The summed E-state index contributed by atoms with van der Waals surface area (Å²) in [6.45, 7) is 6.89. The summed E-state index contributed by atoms with van der Waals surface area (Å²) in [6, 6.07) is 8.89. The largest absolute Gasteiger partial charge is 0.316 e. The van der Waals surface area contributed by atoms with E-state index in [0.717, 1.165) is 12.5 Å². The maximum absolute atomic E-state index is 3.44. The maximum Gasteiger partial charge on any atom is 0.00207 e. The molecule has 1 aliphatic heterocycles. The van der Waals surface area contributed by atoms with Crippen molar-refractivity contribution in [1.29, 1.82) is 0 Å². The van der Waals surface area contributed by atoms with Gasteiger partial charge >= 0.3 is 0 Å². The molecule has 1 aromatic carbocycles. The van der Waals surface area contributed by atoms with Crippen LogP contribution in [0.25, 0.3) is 0 Å². The quantitative estimate of drug-likeness (QED) is 0.754. The second kappa shape index (κ2) is 4.14. The molecule has 1 unspecified atom stereocenters. The summed E-state index contributed by atoms with van der Waals surface area (Å²) < 4.78 is 0. The van der Waals surface area contributed by atoms with Gasteiger partial charge in [0.2, 0.25) is 0 Å². The number of hydrogen-bond acceptors (Lipinski definition) is 1. The minimum atomic E-state index is 0.645. The Hall–Kier alpha value is -0.820. The summed E-state index contributed by atoms with van der Waals surface area (Å²) in [5, 5.41) is 3.44. The minimum absolute atomic E-state index is 0.645. The second-order valence-corrected chi connectivity index (χ2v) is 4.47. The van der Waals surface area contributed by atoms with E-state index in [9.17, 15) is 0 Å². The molecule has 1 saturated heterocycles. The van der Waals surface area contributed by atoms with E-state index in [4.69, 9.17) is 0 Å². The molecule has 1 N–H and O–H groups in total. The van der Waals surface area contributed by atoms with E-state index in [1.165, 1.54) is 18.5 Å². The lowest BCUT2D eigenvalue weighted by molar-refractivity contribution is 0.731. The van der Waals surface area contributed by atoms with Gasteiger partial charge in [-0.15, -0.1) is 0 Å². The van der Waals surface area contributed by atoms with E-state index in [-0.39, 0.29) is 0 Å². The third-order valence-electron chi connectivity index (χ3n) is 3.12. The number of rotatable bonds is 2. The van der Waals surface area contributed by atoms with Crippen molar-refractivity contribution in [3.8, 4) is 0 Å². The molecule has 2 rings (SSSR count). The van der Waals surface area contributed by atoms with Crippen molar-refractivity contribution in [2.75, 3.05) is 13.1 Å². The first-order valence-corrected chi connectivity index (χ1v) is 5.58. The second-order valence-electron chi connectivity index (χ2n) is 4.47. The first-order chi connectivity index (χ1) is 6.79. The van der Waals surface area contributed by atoms with Crippen LogP contribution in [0.15, 0.2) is 24.3 Å². The van der Waals surface area contributed by atoms with Gasteiger partial charge in [-0.2, -0.15) is 0 Å². The zero-order valence-electron chi connectivity index (χ0n) is 9.09. The van der Waals surface area contributed by atoms with E-state index in [1.54, 1.807) is 5.56 Å². The van der Waals surface area contributed by atoms with Gasteiger partial charge in [-0.25, -0.2) is 0 Å². The molecule has 1 aromatic rings. The normalized spacial score (nSPS) is 21.8. The molecule has 14 heavy (non-hydrogen) atoms. The van der Waals surface area contributed by atoms with Crippen molar-refractivity contribution in [2.24, 2.45) is 0 Å². The highest BCUT2D eigenvalue weighted by Gasteiger charge is 2.19. The molecule has 0 aromatic heterocycles. The van der Waals surface area contributed by atoms with Crippen molar-refractivity contribution < 1.29 is 0 Å². The van der Waals surface area contributed by atoms with E-state index in [1.807, 2.05) is 0 Å². The Morgan fingerprint density at radius 3 is 2.71 bits per heavy atom. The van der Waals surface area contributed by atoms with Crippen LogP contribution in [-0.2, 0) is 0 Å². The van der Waals surface area contributed by atoms with E-state index >= 15 is 0 Å². The van der Waals surface area contributed by atoms with Crippen LogP contribution in [0.2, 0.25) is 0 Å². The van der Waals surface area contributed by atoms with Crippen LogP contribution in [0.4, 0.5) is 0 Å². The molecule has 0 saturated carbocycles. The topological polar surface area (TPSA) is 12.0 Å². The molecular formula is C13H19N. The van der Waals surface area contributed by atoms with Gasteiger partial charge in [0, 0.05) is 6.54 Å². The van der Waals surface area contributed by atoms with Crippen molar-refractivity contribution in [1.82, 2.24) is 5.32 Å². The lowest BCUT2D eigenvalue weighted by Crippen LogP contribution is -2.09. The SMILES string of the molecule is CC(C)c1ccccc1C1CCNC1. The minimum Gasteiger partial charge on any atom is -0.316 e. The summed E-state index contributed by atoms with van der Waals surface area (Å²) in [5.74, 6) is 1.39. The molecule has 1 aliphatic rings. The maximum atomic E-state index is 3.44. The highest BCUT2D eigenvalue weighted by molar-refractivity contribution is 5.33. The molecule has 0 amide bonds. The first kappa shape index (κ1) is 9.72. The summed E-state index contributed by atoms with van der Waals surface area (Å²) in [5.41, 5.74) is 3.09. The number of hydrogen-bond donors (Lipinski definition) is 1. The number of nitrogens with one attached hydrogen (secondary N) is 1. The lowest BCUT2D eigenvalue weighted by Gasteiger charge is -2.17. The Balaban J connectivity index is 2.30. The van der Waals surface area contributed by atoms with Gasteiger partial charge in [-0.05, 0) is 35.9 Å². The van der Waals surface area contributed by atoms with Crippen molar-refractivity contribution in [2.45, 2.75) is 32.1 Å². The van der Waals surface area contributed by atoms with Crippen LogP contribution in [0.1, 0.15) is 43.2 Å². The van der Waals surface area contributed by atoms with Gasteiger partial charge in [-0.1, -0.05) is 38.1 Å². The summed E-state index contributed by atoms with van der Waals surface area (Å²) >= 11 is 0. The molecule has 1 atom stereocenters. The molecule has 1 heteroatoms. The monoisotopic (exact) mass is 189 g/mol. The predicted molar refractivity (Wildman–Crippen MR) is 60.8 cm³/mol. The van der Waals surface area contributed by atoms with Crippen molar-refractivity contribution in [3.05, 3.63) is 35.4 Å². The number of benzene rings is 1. The zero-order chi connectivity index (χ0) is 9.97. The lowest BCUT2D eigenvalue weighted by atomic mass is 9.88. The van der Waals surface area contributed by atoms with Crippen LogP contribution in [-0.4, -0.2) is 13.1 Å². The molecule has 1 fully saturated rings. The standard InChI is InChI=1S/C13H19N/c1-10(2)12-5-3-4-6-13(12)11-7-8-14-9-11/h3-6,10-11,14H,7-9H2,1-2H3.